The molecule has 118 valence electrons. The summed E-state index contributed by atoms with van der Waals surface area (Å²) in [5, 5.41) is 1.13. The summed E-state index contributed by atoms with van der Waals surface area (Å²) in [6.45, 7) is 0. The van der Waals surface area contributed by atoms with Gasteiger partial charge in [-0.1, -0.05) is 18.2 Å². The summed E-state index contributed by atoms with van der Waals surface area (Å²) in [4.78, 5) is 10.0. The molecule has 0 saturated heterocycles. The standard InChI is InChI=1S/C19H13FN2OS/c20-14-7-5-13(6-8-14)19-22-15(11-23-19)12-24-18-9-10-21-17-4-2-1-3-16(17)18/h1-11H,12H2. The Morgan fingerprint density at radius 1 is 1.00 bits per heavy atom. The largest absolute Gasteiger partial charge is 0.444 e. The fourth-order valence-corrected chi connectivity index (χ4v) is 3.37. The molecule has 0 amide bonds. The van der Waals surface area contributed by atoms with Crippen LogP contribution in [0.5, 0.6) is 0 Å². The molecule has 0 radical (unpaired) electrons. The number of para-hydroxylation sites is 1. The fourth-order valence-electron chi connectivity index (χ4n) is 2.45. The van der Waals surface area contributed by atoms with Crippen molar-refractivity contribution in [3.05, 3.63) is 78.6 Å². The lowest BCUT2D eigenvalue weighted by molar-refractivity contribution is 0.573. The summed E-state index contributed by atoms with van der Waals surface area (Å²) >= 11 is 1.69. The number of hydrogen-bond acceptors (Lipinski definition) is 4. The number of rotatable bonds is 4. The van der Waals surface area contributed by atoms with Gasteiger partial charge in [0.25, 0.3) is 0 Å². The average molecular weight is 336 g/mol. The van der Waals surface area contributed by atoms with E-state index in [1.807, 2.05) is 30.5 Å². The molecular formula is C19H13FN2OS. The van der Waals surface area contributed by atoms with Crippen molar-refractivity contribution in [2.45, 2.75) is 10.6 Å². The Labute approximate surface area is 142 Å². The highest BCUT2D eigenvalue weighted by Gasteiger charge is 2.08. The quantitative estimate of drug-likeness (QED) is 0.473. The van der Waals surface area contributed by atoms with Crippen LogP contribution < -0.4 is 0 Å². The van der Waals surface area contributed by atoms with Gasteiger partial charge in [-0.05, 0) is 36.4 Å². The molecule has 0 unspecified atom stereocenters. The molecule has 0 atom stereocenters. The molecule has 2 heterocycles. The van der Waals surface area contributed by atoms with Crippen molar-refractivity contribution in [2.24, 2.45) is 0 Å². The van der Waals surface area contributed by atoms with Gasteiger partial charge < -0.3 is 4.42 Å². The Balaban J connectivity index is 1.53. The highest BCUT2D eigenvalue weighted by atomic mass is 32.2. The molecule has 2 aromatic carbocycles. The predicted molar refractivity (Wildman–Crippen MR) is 93.2 cm³/mol. The highest BCUT2D eigenvalue weighted by molar-refractivity contribution is 7.98. The second-order valence-electron chi connectivity index (χ2n) is 5.27. The number of nitrogens with zero attached hydrogens (tertiary/aromatic N) is 2. The lowest BCUT2D eigenvalue weighted by Crippen LogP contribution is -1.85. The van der Waals surface area contributed by atoms with Crippen LogP contribution in [0.2, 0.25) is 0 Å². The minimum Gasteiger partial charge on any atom is -0.444 e. The van der Waals surface area contributed by atoms with Crippen molar-refractivity contribution in [3.63, 3.8) is 0 Å². The van der Waals surface area contributed by atoms with Crippen LogP contribution in [0.3, 0.4) is 0 Å². The van der Waals surface area contributed by atoms with Gasteiger partial charge >= 0.3 is 0 Å². The van der Waals surface area contributed by atoms with Crippen LogP contribution in [0.1, 0.15) is 5.69 Å². The van der Waals surface area contributed by atoms with E-state index in [-0.39, 0.29) is 5.82 Å². The van der Waals surface area contributed by atoms with Crippen LogP contribution in [0, 0.1) is 5.82 Å². The average Bonchev–Trinajstić information content (AvgIpc) is 3.09. The zero-order chi connectivity index (χ0) is 16.4. The molecule has 0 bridgehead atoms. The Morgan fingerprint density at radius 2 is 1.83 bits per heavy atom. The number of halogens is 1. The van der Waals surface area contributed by atoms with E-state index in [0.717, 1.165) is 27.1 Å². The van der Waals surface area contributed by atoms with Crippen molar-refractivity contribution in [2.75, 3.05) is 0 Å². The highest BCUT2D eigenvalue weighted by Crippen LogP contribution is 2.29. The molecule has 0 N–H and O–H groups in total. The summed E-state index contributed by atoms with van der Waals surface area (Å²) in [5.41, 5.74) is 2.59. The van der Waals surface area contributed by atoms with Gasteiger partial charge in [-0.3, -0.25) is 4.98 Å². The summed E-state index contributed by atoms with van der Waals surface area (Å²) < 4.78 is 18.5. The van der Waals surface area contributed by atoms with E-state index in [4.69, 9.17) is 4.42 Å². The number of fused-ring (bicyclic) bond motifs is 1. The second kappa shape index (κ2) is 6.45. The third-order valence-corrected chi connectivity index (χ3v) is 4.73. The number of aromatic nitrogens is 2. The summed E-state index contributed by atoms with van der Waals surface area (Å²) in [6.07, 6.45) is 3.46. The maximum atomic E-state index is 13.0. The monoisotopic (exact) mass is 336 g/mol. The number of benzene rings is 2. The first kappa shape index (κ1) is 14.9. The van der Waals surface area contributed by atoms with E-state index in [2.05, 4.69) is 16.0 Å². The second-order valence-corrected chi connectivity index (χ2v) is 6.28. The molecular weight excluding hydrogens is 323 g/mol. The van der Waals surface area contributed by atoms with E-state index in [9.17, 15) is 4.39 Å². The Morgan fingerprint density at radius 3 is 2.71 bits per heavy atom. The Bertz CT molecular complexity index is 977. The van der Waals surface area contributed by atoms with Gasteiger partial charge in [-0.2, -0.15) is 0 Å². The normalized spacial score (nSPS) is 11.0. The minimum atomic E-state index is -0.273. The summed E-state index contributed by atoms with van der Waals surface area (Å²) in [6, 6.07) is 16.2. The van der Waals surface area contributed by atoms with E-state index in [0.29, 0.717) is 11.6 Å². The maximum absolute atomic E-state index is 13.0. The number of oxazole rings is 1. The molecule has 2 aromatic heterocycles. The lowest BCUT2D eigenvalue weighted by Gasteiger charge is -2.03. The molecule has 0 aliphatic rings. The van der Waals surface area contributed by atoms with Gasteiger partial charge in [-0.15, -0.1) is 11.8 Å². The van der Waals surface area contributed by atoms with Gasteiger partial charge in [0.1, 0.15) is 12.1 Å². The van der Waals surface area contributed by atoms with Gasteiger partial charge in [0.05, 0.1) is 11.2 Å². The van der Waals surface area contributed by atoms with Crippen molar-refractivity contribution in [1.29, 1.82) is 0 Å². The Hall–Kier alpha value is -2.66. The number of hydrogen-bond donors (Lipinski definition) is 0. The van der Waals surface area contributed by atoms with Crippen molar-refractivity contribution >= 4 is 22.7 Å². The van der Waals surface area contributed by atoms with Gasteiger partial charge in [0, 0.05) is 27.8 Å². The van der Waals surface area contributed by atoms with Crippen LogP contribution in [0.15, 0.2) is 76.4 Å². The number of thioether (sulfide) groups is 1. The van der Waals surface area contributed by atoms with E-state index in [1.165, 1.54) is 12.1 Å². The Kier molecular flexibility index (Phi) is 4.01. The molecule has 0 aliphatic heterocycles. The number of pyridine rings is 1. The zero-order valence-corrected chi connectivity index (χ0v) is 13.5. The van der Waals surface area contributed by atoms with Crippen LogP contribution >= 0.6 is 11.8 Å². The van der Waals surface area contributed by atoms with E-state index < -0.39 is 0 Å². The van der Waals surface area contributed by atoms with Gasteiger partial charge in [-0.25, -0.2) is 9.37 Å². The van der Waals surface area contributed by atoms with Crippen molar-refractivity contribution < 1.29 is 8.81 Å². The molecule has 4 rings (SSSR count). The SMILES string of the molecule is Fc1ccc(-c2nc(CSc3ccnc4ccccc34)co2)cc1. The molecule has 3 nitrogen and oxygen atoms in total. The van der Waals surface area contributed by atoms with Crippen LogP contribution in [0.4, 0.5) is 4.39 Å². The third-order valence-electron chi connectivity index (χ3n) is 3.63. The zero-order valence-electron chi connectivity index (χ0n) is 12.6. The minimum absolute atomic E-state index is 0.273. The molecule has 24 heavy (non-hydrogen) atoms. The van der Waals surface area contributed by atoms with Crippen molar-refractivity contribution in [1.82, 2.24) is 9.97 Å². The van der Waals surface area contributed by atoms with Crippen LogP contribution in [-0.2, 0) is 5.75 Å². The molecule has 0 fully saturated rings. The van der Waals surface area contributed by atoms with Crippen LogP contribution in [0.25, 0.3) is 22.4 Å². The van der Waals surface area contributed by atoms with Crippen LogP contribution in [-0.4, -0.2) is 9.97 Å². The maximum Gasteiger partial charge on any atom is 0.226 e. The molecule has 0 aliphatic carbocycles. The summed E-state index contributed by atoms with van der Waals surface area (Å²) in [5.74, 6) is 0.925. The first-order valence-corrected chi connectivity index (χ1v) is 8.45. The molecule has 0 spiro atoms. The molecule has 4 aromatic rings. The smallest absolute Gasteiger partial charge is 0.226 e. The topological polar surface area (TPSA) is 38.9 Å². The molecule has 0 saturated carbocycles. The lowest BCUT2D eigenvalue weighted by atomic mass is 10.2. The van der Waals surface area contributed by atoms with Gasteiger partial charge in [0.2, 0.25) is 5.89 Å². The van der Waals surface area contributed by atoms with E-state index in [1.54, 1.807) is 30.2 Å². The first-order chi connectivity index (χ1) is 11.8. The summed E-state index contributed by atoms with van der Waals surface area (Å²) in [7, 11) is 0. The molecule has 5 heteroatoms. The first-order valence-electron chi connectivity index (χ1n) is 7.46. The van der Waals surface area contributed by atoms with Crippen molar-refractivity contribution in [3.8, 4) is 11.5 Å². The van der Waals surface area contributed by atoms with E-state index >= 15 is 0 Å². The third kappa shape index (κ3) is 3.03. The predicted octanol–water partition coefficient (Wildman–Crippen LogP) is 5.32. The van der Waals surface area contributed by atoms with Gasteiger partial charge in [0.15, 0.2) is 0 Å². The fraction of sp³-hybridized carbons (Fsp3) is 0.0526.